The molecule has 1 unspecified atom stereocenters. The Morgan fingerprint density at radius 2 is 1.71 bits per heavy atom. The van der Waals surface area contributed by atoms with Gasteiger partial charge in [0.15, 0.2) is 0 Å². The van der Waals surface area contributed by atoms with Crippen molar-refractivity contribution in [3.63, 3.8) is 0 Å². The van der Waals surface area contributed by atoms with Gasteiger partial charge < -0.3 is 19.9 Å². The molecule has 0 fully saturated rings. The average Bonchev–Trinajstić information content (AvgIpc) is 2.75. The molecule has 0 radical (unpaired) electrons. The molecule has 0 saturated carbocycles. The van der Waals surface area contributed by atoms with Crippen LogP contribution in [0.25, 0.3) is 0 Å². The Hall–Kier alpha value is -0.950. The molecule has 21 heavy (non-hydrogen) atoms. The van der Waals surface area contributed by atoms with E-state index < -0.39 is 0 Å². The maximum atomic E-state index is 6.13. The SMILES string of the molecule is CCC(N)c1c(C)nn(CCOCCOCCOC)c1C. The van der Waals surface area contributed by atoms with Crippen molar-refractivity contribution in [2.45, 2.75) is 39.8 Å². The molecule has 0 amide bonds. The number of methoxy groups -OCH3 is 1. The monoisotopic (exact) mass is 299 g/mol. The summed E-state index contributed by atoms with van der Waals surface area (Å²) in [6, 6.07) is 0.0638. The molecular weight excluding hydrogens is 270 g/mol. The number of nitrogens with zero attached hydrogens (tertiary/aromatic N) is 2. The summed E-state index contributed by atoms with van der Waals surface area (Å²) in [5.74, 6) is 0. The Balaban J connectivity index is 2.30. The zero-order valence-electron chi connectivity index (χ0n) is 13.7. The molecule has 1 aromatic rings. The van der Waals surface area contributed by atoms with Crippen LogP contribution in [0.2, 0.25) is 0 Å². The van der Waals surface area contributed by atoms with E-state index in [9.17, 15) is 0 Å². The van der Waals surface area contributed by atoms with Gasteiger partial charge in [0.1, 0.15) is 0 Å². The van der Waals surface area contributed by atoms with E-state index in [0.29, 0.717) is 33.0 Å². The number of rotatable bonds is 11. The Kier molecular flexibility index (Phi) is 8.52. The van der Waals surface area contributed by atoms with Crippen LogP contribution < -0.4 is 5.73 Å². The quantitative estimate of drug-likeness (QED) is 0.628. The third kappa shape index (κ3) is 5.74. The summed E-state index contributed by atoms with van der Waals surface area (Å²) < 4.78 is 17.8. The van der Waals surface area contributed by atoms with E-state index in [2.05, 4.69) is 18.9 Å². The molecule has 0 aromatic carbocycles. The smallest absolute Gasteiger partial charge is 0.0701 e. The highest BCUT2D eigenvalue weighted by Gasteiger charge is 2.16. The second kappa shape index (κ2) is 9.89. The fourth-order valence-corrected chi connectivity index (χ4v) is 2.28. The van der Waals surface area contributed by atoms with E-state index in [1.54, 1.807) is 7.11 Å². The summed E-state index contributed by atoms with van der Waals surface area (Å²) in [5, 5.41) is 4.55. The van der Waals surface area contributed by atoms with Gasteiger partial charge in [0.2, 0.25) is 0 Å². The van der Waals surface area contributed by atoms with Gasteiger partial charge in [0.05, 0.1) is 45.3 Å². The predicted molar refractivity (Wildman–Crippen MR) is 82.4 cm³/mol. The van der Waals surface area contributed by atoms with E-state index in [-0.39, 0.29) is 6.04 Å². The second-order valence-corrected chi connectivity index (χ2v) is 5.04. The average molecular weight is 299 g/mol. The topological polar surface area (TPSA) is 71.5 Å². The molecule has 1 atom stereocenters. The zero-order chi connectivity index (χ0) is 15.7. The minimum atomic E-state index is 0.0638. The number of nitrogens with two attached hydrogens (primary N) is 1. The van der Waals surface area contributed by atoms with Crippen LogP contribution in [-0.4, -0.2) is 49.9 Å². The molecule has 2 N–H and O–H groups in total. The standard InChI is InChI=1S/C15H29N3O3/c1-5-14(16)15-12(2)17-18(13(15)3)6-7-20-10-11-21-9-8-19-4/h14H,5-11,16H2,1-4H3. The molecule has 0 aliphatic heterocycles. The van der Waals surface area contributed by atoms with Crippen LogP contribution in [-0.2, 0) is 20.8 Å². The second-order valence-electron chi connectivity index (χ2n) is 5.04. The summed E-state index contributed by atoms with van der Waals surface area (Å²) in [5.41, 5.74) is 9.46. The first kappa shape index (κ1) is 18.1. The summed E-state index contributed by atoms with van der Waals surface area (Å²) >= 11 is 0. The summed E-state index contributed by atoms with van der Waals surface area (Å²) in [7, 11) is 1.66. The summed E-state index contributed by atoms with van der Waals surface area (Å²) in [4.78, 5) is 0. The number of aryl methyl sites for hydroxylation is 1. The third-order valence-electron chi connectivity index (χ3n) is 3.50. The Morgan fingerprint density at radius 1 is 1.10 bits per heavy atom. The molecule has 6 nitrogen and oxygen atoms in total. The molecule has 1 heterocycles. The van der Waals surface area contributed by atoms with Crippen LogP contribution in [0.1, 0.15) is 36.3 Å². The van der Waals surface area contributed by atoms with Crippen molar-refractivity contribution in [1.82, 2.24) is 9.78 Å². The van der Waals surface area contributed by atoms with Gasteiger partial charge in [-0.15, -0.1) is 0 Å². The number of hydrogen-bond donors (Lipinski definition) is 1. The fourth-order valence-electron chi connectivity index (χ4n) is 2.28. The van der Waals surface area contributed by atoms with Gasteiger partial charge >= 0.3 is 0 Å². The van der Waals surface area contributed by atoms with Gasteiger partial charge in [-0.1, -0.05) is 6.92 Å². The van der Waals surface area contributed by atoms with Crippen molar-refractivity contribution in [2.24, 2.45) is 5.73 Å². The summed E-state index contributed by atoms with van der Waals surface area (Å²) in [6.45, 7) is 9.93. The molecule has 0 bridgehead atoms. The van der Waals surface area contributed by atoms with Gasteiger partial charge in [0.25, 0.3) is 0 Å². The lowest BCUT2D eigenvalue weighted by molar-refractivity contribution is 0.0224. The van der Waals surface area contributed by atoms with Crippen molar-refractivity contribution in [2.75, 3.05) is 40.1 Å². The van der Waals surface area contributed by atoms with Crippen molar-refractivity contribution in [3.8, 4) is 0 Å². The van der Waals surface area contributed by atoms with E-state index in [0.717, 1.165) is 24.4 Å². The van der Waals surface area contributed by atoms with Crippen molar-refractivity contribution in [3.05, 3.63) is 17.0 Å². The first-order chi connectivity index (χ1) is 10.1. The molecule has 6 heteroatoms. The van der Waals surface area contributed by atoms with Crippen LogP contribution >= 0.6 is 0 Å². The largest absolute Gasteiger partial charge is 0.382 e. The van der Waals surface area contributed by atoms with E-state index >= 15 is 0 Å². The predicted octanol–water partition coefficient (Wildman–Crippen LogP) is 1.59. The number of ether oxygens (including phenoxy) is 3. The lowest BCUT2D eigenvalue weighted by Gasteiger charge is -2.10. The van der Waals surface area contributed by atoms with Gasteiger partial charge in [-0.3, -0.25) is 4.68 Å². The van der Waals surface area contributed by atoms with Crippen LogP contribution in [0, 0.1) is 13.8 Å². The van der Waals surface area contributed by atoms with E-state index in [1.165, 1.54) is 5.56 Å². The molecule has 1 aromatic heterocycles. The lowest BCUT2D eigenvalue weighted by Crippen LogP contribution is -2.14. The van der Waals surface area contributed by atoms with Crippen molar-refractivity contribution in [1.29, 1.82) is 0 Å². The minimum absolute atomic E-state index is 0.0638. The Bertz CT molecular complexity index is 407. The highest BCUT2D eigenvalue weighted by atomic mass is 16.5. The van der Waals surface area contributed by atoms with Crippen LogP contribution in [0.15, 0.2) is 0 Å². The fraction of sp³-hybridized carbons (Fsp3) is 0.800. The van der Waals surface area contributed by atoms with Crippen LogP contribution in [0.5, 0.6) is 0 Å². The normalized spacial score (nSPS) is 12.8. The van der Waals surface area contributed by atoms with Crippen LogP contribution in [0.3, 0.4) is 0 Å². The lowest BCUT2D eigenvalue weighted by atomic mass is 10.0. The maximum Gasteiger partial charge on any atom is 0.0701 e. The number of hydrogen-bond acceptors (Lipinski definition) is 5. The van der Waals surface area contributed by atoms with Gasteiger partial charge in [-0.25, -0.2) is 0 Å². The van der Waals surface area contributed by atoms with Crippen LogP contribution in [0.4, 0.5) is 0 Å². The van der Waals surface area contributed by atoms with Gasteiger partial charge in [-0.2, -0.15) is 5.10 Å². The molecule has 1 rings (SSSR count). The molecule has 0 spiro atoms. The van der Waals surface area contributed by atoms with E-state index in [4.69, 9.17) is 19.9 Å². The molecular formula is C15H29N3O3. The maximum absolute atomic E-state index is 6.13. The molecule has 0 aliphatic rings. The van der Waals surface area contributed by atoms with E-state index in [1.807, 2.05) is 11.6 Å². The number of aromatic nitrogens is 2. The van der Waals surface area contributed by atoms with Crippen molar-refractivity contribution < 1.29 is 14.2 Å². The third-order valence-corrected chi connectivity index (χ3v) is 3.50. The van der Waals surface area contributed by atoms with Gasteiger partial charge in [-0.05, 0) is 20.3 Å². The molecule has 0 aliphatic carbocycles. The minimum Gasteiger partial charge on any atom is -0.382 e. The first-order valence-electron chi connectivity index (χ1n) is 7.55. The molecule has 122 valence electrons. The summed E-state index contributed by atoms with van der Waals surface area (Å²) in [6.07, 6.45) is 0.919. The highest BCUT2D eigenvalue weighted by molar-refractivity contribution is 5.27. The molecule has 0 saturated heterocycles. The van der Waals surface area contributed by atoms with Crippen molar-refractivity contribution >= 4 is 0 Å². The van der Waals surface area contributed by atoms with Gasteiger partial charge in [0, 0.05) is 24.4 Å². The zero-order valence-corrected chi connectivity index (χ0v) is 13.7. The highest BCUT2D eigenvalue weighted by Crippen LogP contribution is 2.21. The first-order valence-corrected chi connectivity index (χ1v) is 7.55. The Morgan fingerprint density at radius 3 is 2.33 bits per heavy atom. The Labute approximate surface area is 127 Å².